The number of morpholine rings is 1. The number of pyridine rings is 3. The van der Waals surface area contributed by atoms with E-state index < -0.39 is 6.04 Å². The van der Waals surface area contributed by atoms with Crippen molar-refractivity contribution in [2.75, 3.05) is 76.7 Å². The molecule has 1 atom stereocenters. The van der Waals surface area contributed by atoms with Crippen molar-refractivity contribution in [2.24, 2.45) is 0 Å². The Hall–Kier alpha value is -5.43. The third-order valence-electron chi connectivity index (χ3n) is 8.82. The summed E-state index contributed by atoms with van der Waals surface area (Å²) in [6, 6.07) is 17.9. The molecule has 0 radical (unpaired) electrons. The van der Waals surface area contributed by atoms with Crippen molar-refractivity contribution >= 4 is 51.4 Å². The van der Waals surface area contributed by atoms with E-state index in [1.54, 1.807) is 42.1 Å². The van der Waals surface area contributed by atoms with Crippen molar-refractivity contribution < 1.29 is 19.0 Å². The van der Waals surface area contributed by atoms with Gasteiger partial charge in [-0.25, -0.2) is 9.97 Å². The van der Waals surface area contributed by atoms with Gasteiger partial charge in [-0.2, -0.15) is 0 Å². The molecule has 0 aliphatic carbocycles. The zero-order valence-electron chi connectivity index (χ0n) is 29.9. The fraction of sp³-hybridized carbons (Fsp3) is 0.282. The lowest BCUT2D eigenvalue weighted by Crippen LogP contribution is -2.36. The van der Waals surface area contributed by atoms with Crippen molar-refractivity contribution in [3.8, 4) is 22.6 Å². The van der Waals surface area contributed by atoms with Gasteiger partial charge in [0.2, 0.25) is 5.91 Å². The first-order chi connectivity index (χ1) is 25.1. The summed E-state index contributed by atoms with van der Waals surface area (Å²) in [4.78, 5) is 40.9. The van der Waals surface area contributed by atoms with E-state index in [4.69, 9.17) is 30.8 Å². The predicted molar refractivity (Wildman–Crippen MR) is 207 cm³/mol. The Morgan fingerprint density at radius 2 is 1.79 bits per heavy atom. The lowest BCUT2D eigenvalue weighted by atomic mass is 10.0. The molecule has 3 aromatic heterocycles. The largest absolute Gasteiger partial charge is 0.497 e. The summed E-state index contributed by atoms with van der Waals surface area (Å²) < 4.78 is 18.2. The molecule has 52 heavy (non-hydrogen) atoms. The molecule has 0 spiro atoms. The SMILES string of the molecule is COc1cc(OC)c(Cl)c(-c2cc3cnc(Nc4ccc(N5CCOCC5)cn4)cc3n(C(C)c3cccc(NC(=O)/C=C/CN(C)C)c3)c2=O)c1. The molecular formula is C39H42ClN7O5. The highest BCUT2D eigenvalue weighted by molar-refractivity contribution is 6.35. The number of methoxy groups -OCH3 is 2. The predicted octanol–water partition coefficient (Wildman–Crippen LogP) is 6.37. The number of carbonyl (C=O) groups is 1. The number of hydrogen-bond acceptors (Lipinski definition) is 10. The maximum Gasteiger partial charge on any atom is 0.259 e. The van der Waals surface area contributed by atoms with Crippen molar-refractivity contribution in [2.45, 2.75) is 13.0 Å². The van der Waals surface area contributed by atoms with Gasteiger partial charge in [-0.15, -0.1) is 0 Å². The van der Waals surface area contributed by atoms with Crippen LogP contribution in [0.5, 0.6) is 11.5 Å². The highest BCUT2D eigenvalue weighted by Crippen LogP contribution is 2.39. The smallest absolute Gasteiger partial charge is 0.259 e. The Balaban J connectivity index is 1.42. The first kappa shape index (κ1) is 36.4. The van der Waals surface area contributed by atoms with Crippen LogP contribution in [0.3, 0.4) is 0 Å². The average molecular weight is 724 g/mol. The molecule has 6 rings (SSSR count). The van der Waals surface area contributed by atoms with Crippen molar-refractivity contribution in [3.63, 3.8) is 0 Å². The van der Waals surface area contributed by atoms with Gasteiger partial charge in [0, 0.05) is 66.2 Å². The molecule has 0 bridgehead atoms. The molecule has 1 amide bonds. The zero-order chi connectivity index (χ0) is 36.8. The number of carbonyl (C=O) groups excluding carboxylic acids is 1. The second kappa shape index (κ2) is 16.3. The Bertz CT molecular complexity index is 2150. The number of fused-ring (bicyclic) bond motifs is 1. The van der Waals surface area contributed by atoms with E-state index in [0.29, 0.717) is 70.6 Å². The third-order valence-corrected chi connectivity index (χ3v) is 9.21. The number of anilines is 4. The van der Waals surface area contributed by atoms with Crippen LogP contribution in [0.4, 0.5) is 23.0 Å². The van der Waals surface area contributed by atoms with E-state index in [0.717, 1.165) is 24.3 Å². The molecule has 12 nitrogen and oxygen atoms in total. The summed E-state index contributed by atoms with van der Waals surface area (Å²) in [5.74, 6) is 1.75. The first-order valence-corrected chi connectivity index (χ1v) is 17.3. The molecule has 1 aliphatic rings. The minimum atomic E-state index is -0.483. The molecule has 13 heteroatoms. The van der Waals surface area contributed by atoms with Crippen LogP contribution in [0.15, 0.2) is 90.0 Å². The fourth-order valence-electron chi connectivity index (χ4n) is 6.09. The zero-order valence-corrected chi connectivity index (χ0v) is 30.6. The van der Waals surface area contributed by atoms with E-state index in [9.17, 15) is 9.59 Å². The number of likely N-dealkylation sites (N-methyl/N-ethyl adjacent to an activating group) is 1. The maximum atomic E-state index is 14.7. The van der Waals surface area contributed by atoms with Gasteiger partial charge < -0.3 is 39.2 Å². The van der Waals surface area contributed by atoms with Gasteiger partial charge >= 0.3 is 0 Å². The van der Waals surface area contributed by atoms with Crippen LogP contribution in [0.2, 0.25) is 5.02 Å². The highest BCUT2D eigenvalue weighted by Gasteiger charge is 2.22. The molecule has 2 N–H and O–H groups in total. The molecule has 1 saturated heterocycles. The lowest BCUT2D eigenvalue weighted by Gasteiger charge is -2.28. The van der Waals surface area contributed by atoms with Crippen LogP contribution in [0, 0.1) is 0 Å². The summed E-state index contributed by atoms with van der Waals surface area (Å²) in [5, 5.41) is 7.22. The van der Waals surface area contributed by atoms with Crippen LogP contribution in [0.1, 0.15) is 18.5 Å². The van der Waals surface area contributed by atoms with Gasteiger partial charge in [0.25, 0.3) is 5.56 Å². The van der Waals surface area contributed by atoms with Crippen LogP contribution in [-0.4, -0.2) is 86.5 Å². The van der Waals surface area contributed by atoms with Gasteiger partial charge in [-0.3, -0.25) is 9.59 Å². The first-order valence-electron chi connectivity index (χ1n) is 16.9. The third kappa shape index (κ3) is 8.20. The average Bonchev–Trinajstić information content (AvgIpc) is 3.15. The quantitative estimate of drug-likeness (QED) is 0.140. The number of aromatic nitrogens is 3. The highest BCUT2D eigenvalue weighted by atomic mass is 35.5. The Kier molecular flexibility index (Phi) is 11.4. The van der Waals surface area contributed by atoms with Gasteiger partial charge in [0.15, 0.2) is 0 Å². The van der Waals surface area contributed by atoms with Crippen LogP contribution in [0.25, 0.3) is 22.0 Å². The van der Waals surface area contributed by atoms with E-state index in [1.165, 1.54) is 13.2 Å². The minimum Gasteiger partial charge on any atom is -0.497 e. The second-order valence-electron chi connectivity index (χ2n) is 12.6. The maximum absolute atomic E-state index is 14.7. The second-order valence-corrected chi connectivity index (χ2v) is 13.0. The number of benzene rings is 2. The monoisotopic (exact) mass is 723 g/mol. The normalized spacial score (nSPS) is 13.8. The molecule has 1 unspecified atom stereocenters. The molecule has 2 aromatic carbocycles. The lowest BCUT2D eigenvalue weighted by molar-refractivity contribution is -0.111. The minimum absolute atomic E-state index is 0.244. The summed E-state index contributed by atoms with van der Waals surface area (Å²) in [7, 11) is 6.92. The number of amides is 1. The van der Waals surface area contributed by atoms with Crippen molar-refractivity contribution in [1.82, 2.24) is 19.4 Å². The van der Waals surface area contributed by atoms with Crippen LogP contribution in [-0.2, 0) is 9.53 Å². The van der Waals surface area contributed by atoms with Crippen molar-refractivity contribution in [3.05, 3.63) is 106 Å². The number of nitrogens with zero attached hydrogens (tertiary/aromatic N) is 5. The van der Waals surface area contributed by atoms with Crippen molar-refractivity contribution in [1.29, 1.82) is 0 Å². The van der Waals surface area contributed by atoms with E-state index in [2.05, 4.69) is 20.5 Å². The summed E-state index contributed by atoms with van der Waals surface area (Å²) in [6.07, 6.45) is 6.85. The molecule has 4 heterocycles. The number of halogens is 1. The van der Waals surface area contributed by atoms with E-state index in [1.807, 2.05) is 74.6 Å². The standard InChI is InChI=1S/C39H42ClN7O5/c1-25(26-8-6-9-28(18-26)43-37(48)10-7-13-45(2)3)47-33-22-36(44-35-12-11-29(24-42-35)46-14-16-52-17-15-46)41-23-27(33)19-32(39(47)49)31-20-30(50-4)21-34(51-5)38(31)40/h6-12,18-25H,13-17H2,1-5H3,(H,43,48)(H,41,42,44)/b10-7+. The van der Waals surface area contributed by atoms with Gasteiger partial charge in [-0.1, -0.05) is 29.8 Å². The summed E-state index contributed by atoms with van der Waals surface area (Å²) in [6.45, 7) is 5.59. The Morgan fingerprint density at radius 1 is 1.00 bits per heavy atom. The number of hydrogen-bond donors (Lipinski definition) is 2. The van der Waals surface area contributed by atoms with E-state index in [-0.39, 0.29) is 16.5 Å². The summed E-state index contributed by atoms with van der Waals surface area (Å²) in [5.41, 5.74) is 3.58. The molecular weight excluding hydrogens is 682 g/mol. The van der Waals surface area contributed by atoms with Gasteiger partial charge in [0.1, 0.15) is 23.1 Å². The molecule has 1 aliphatic heterocycles. The van der Waals surface area contributed by atoms with Crippen LogP contribution >= 0.6 is 11.6 Å². The Labute approximate surface area is 307 Å². The van der Waals surface area contributed by atoms with Crippen LogP contribution < -0.4 is 30.6 Å². The fourth-order valence-corrected chi connectivity index (χ4v) is 6.38. The summed E-state index contributed by atoms with van der Waals surface area (Å²) >= 11 is 6.82. The molecule has 270 valence electrons. The number of nitrogens with one attached hydrogen (secondary N) is 2. The molecule has 5 aromatic rings. The van der Waals surface area contributed by atoms with E-state index >= 15 is 0 Å². The number of rotatable bonds is 12. The van der Waals surface area contributed by atoms with Gasteiger partial charge in [0.05, 0.1) is 55.9 Å². The number of ether oxygens (including phenoxy) is 3. The Morgan fingerprint density at radius 3 is 2.50 bits per heavy atom. The molecule has 1 fully saturated rings. The van der Waals surface area contributed by atoms with Gasteiger partial charge in [-0.05, 0) is 63.0 Å². The molecule has 0 saturated carbocycles. The topological polar surface area (TPSA) is 123 Å².